The van der Waals surface area contributed by atoms with Crippen LogP contribution in [-0.2, 0) is 0 Å². The van der Waals surface area contributed by atoms with E-state index in [0.29, 0.717) is 6.04 Å². The number of nitrogens with zero attached hydrogens (tertiary/aromatic N) is 3. The van der Waals surface area contributed by atoms with E-state index in [1.807, 2.05) is 14.0 Å². The van der Waals surface area contributed by atoms with Crippen LogP contribution in [0.2, 0.25) is 0 Å². The largest absolute Gasteiger partial charge is 0.355 e. The lowest BCUT2D eigenvalue weighted by atomic mass is 10.3. The summed E-state index contributed by atoms with van der Waals surface area (Å²) >= 11 is 3.45. The lowest BCUT2D eigenvalue weighted by Crippen LogP contribution is -2.31. The predicted octanol–water partition coefficient (Wildman–Crippen LogP) is 2.00. The van der Waals surface area contributed by atoms with Gasteiger partial charge in [0.05, 0.1) is 5.69 Å². The Balaban J connectivity index is 2.88. The third-order valence-corrected chi connectivity index (χ3v) is 3.01. The van der Waals surface area contributed by atoms with E-state index in [-0.39, 0.29) is 0 Å². The summed E-state index contributed by atoms with van der Waals surface area (Å²) in [6.45, 7) is 4.11. The summed E-state index contributed by atoms with van der Waals surface area (Å²) in [6, 6.07) is 0.426. The Morgan fingerprint density at radius 1 is 1.46 bits per heavy atom. The van der Waals surface area contributed by atoms with Crippen LogP contribution in [0.1, 0.15) is 12.6 Å². The van der Waals surface area contributed by atoms with Crippen LogP contribution < -0.4 is 4.90 Å². The number of hydrogen-bond acceptors (Lipinski definition) is 3. The van der Waals surface area contributed by atoms with Crippen molar-refractivity contribution in [3.63, 3.8) is 0 Å². The number of anilines is 1. The van der Waals surface area contributed by atoms with Gasteiger partial charge in [0.1, 0.15) is 5.82 Å². The van der Waals surface area contributed by atoms with Crippen molar-refractivity contribution >= 4 is 21.7 Å². The van der Waals surface area contributed by atoms with Gasteiger partial charge in [0.15, 0.2) is 0 Å². The molecule has 4 heteroatoms. The molecule has 0 aliphatic carbocycles. The number of halogens is 1. The molecule has 0 aromatic carbocycles. The van der Waals surface area contributed by atoms with Crippen molar-refractivity contribution in [2.24, 2.45) is 0 Å². The van der Waals surface area contributed by atoms with Crippen molar-refractivity contribution in [1.82, 2.24) is 9.97 Å². The van der Waals surface area contributed by atoms with Gasteiger partial charge in [-0.05, 0) is 13.8 Å². The molecule has 0 amide bonds. The third kappa shape index (κ3) is 2.40. The molecular weight excluding hydrogens is 230 g/mol. The molecule has 0 N–H and O–H groups in total. The van der Waals surface area contributed by atoms with Gasteiger partial charge in [-0.2, -0.15) is 0 Å². The maximum atomic E-state index is 4.29. The van der Waals surface area contributed by atoms with E-state index < -0.39 is 0 Å². The third-order valence-electron chi connectivity index (χ3n) is 2.07. The van der Waals surface area contributed by atoms with Gasteiger partial charge in [0.2, 0.25) is 0 Å². The zero-order chi connectivity index (χ0) is 9.84. The van der Waals surface area contributed by atoms with Crippen molar-refractivity contribution in [3.05, 3.63) is 18.1 Å². The minimum Gasteiger partial charge on any atom is -0.355 e. The highest BCUT2D eigenvalue weighted by atomic mass is 79.9. The predicted molar refractivity (Wildman–Crippen MR) is 58.4 cm³/mol. The molecule has 3 nitrogen and oxygen atoms in total. The van der Waals surface area contributed by atoms with Gasteiger partial charge < -0.3 is 4.90 Å². The summed E-state index contributed by atoms with van der Waals surface area (Å²) in [5, 5.41) is 0.930. The second-order valence-electron chi connectivity index (χ2n) is 3.08. The summed E-state index contributed by atoms with van der Waals surface area (Å²) in [5.74, 6) is 0.953. The molecule has 72 valence electrons. The average molecular weight is 244 g/mol. The Kier molecular flexibility index (Phi) is 3.66. The molecule has 0 saturated carbocycles. The van der Waals surface area contributed by atoms with E-state index in [1.165, 1.54) is 0 Å². The molecule has 1 rings (SSSR count). The smallest absolute Gasteiger partial charge is 0.150 e. The summed E-state index contributed by atoms with van der Waals surface area (Å²) in [7, 11) is 2.03. The van der Waals surface area contributed by atoms with Crippen LogP contribution in [0.25, 0.3) is 0 Å². The van der Waals surface area contributed by atoms with Crippen LogP contribution in [0.3, 0.4) is 0 Å². The van der Waals surface area contributed by atoms with E-state index in [2.05, 4.69) is 37.7 Å². The zero-order valence-electron chi connectivity index (χ0n) is 8.16. The second-order valence-corrected chi connectivity index (χ2v) is 3.73. The highest BCUT2D eigenvalue weighted by Gasteiger charge is 2.11. The number of alkyl halides is 1. The molecule has 13 heavy (non-hydrogen) atoms. The molecular formula is C9H14BrN3. The minimum absolute atomic E-state index is 0.426. The fourth-order valence-electron chi connectivity index (χ4n) is 1.06. The van der Waals surface area contributed by atoms with Crippen LogP contribution in [0.15, 0.2) is 12.4 Å². The molecule has 1 aromatic rings. The topological polar surface area (TPSA) is 29.0 Å². The van der Waals surface area contributed by atoms with Gasteiger partial charge in [-0.15, -0.1) is 0 Å². The highest BCUT2D eigenvalue weighted by Crippen LogP contribution is 2.15. The monoisotopic (exact) mass is 243 g/mol. The van der Waals surface area contributed by atoms with Gasteiger partial charge >= 0.3 is 0 Å². The molecule has 1 aromatic heterocycles. The quantitative estimate of drug-likeness (QED) is 0.761. The summed E-state index contributed by atoms with van der Waals surface area (Å²) in [4.78, 5) is 10.6. The van der Waals surface area contributed by atoms with Crippen molar-refractivity contribution in [3.8, 4) is 0 Å². The number of aromatic nitrogens is 2. The first-order valence-corrected chi connectivity index (χ1v) is 5.35. The Bertz CT molecular complexity index is 277. The molecule has 0 aliphatic heterocycles. The van der Waals surface area contributed by atoms with Gasteiger partial charge in [0.25, 0.3) is 0 Å². The van der Waals surface area contributed by atoms with Gasteiger partial charge in [-0.1, -0.05) is 15.9 Å². The molecule has 0 saturated heterocycles. The summed E-state index contributed by atoms with van der Waals surface area (Å²) < 4.78 is 0. The molecule has 0 spiro atoms. The van der Waals surface area contributed by atoms with Crippen molar-refractivity contribution in [2.45, 2.75) is 19.9 Å². The van der Waals surface area contributed by atoms with Gasteiger partial charge in [-0.3, -0.25) is 4.98 Å². The molecule has 0 bridgehead atoms. The van der Waals surface area contributed by atoms with Crippen LogP contribution in [0, 0.1) is 6.92 Å². The van der Waals surface area contributed by atoms with Crippen LogP contribution in [0.5, 0.6) is 0 Å². The fourth-order valence-corrected chi connectivity index (χ4v) is 1.49. The first-order valence-electron chi connectivity index (χ1n) is 4.23. The standard InChI is InChI=1S/C9H14BrN3/c1-7(6-10)13(3)9-8(2)11-4-5-12-9/h4-5,7H,6H2,1-3H3. The summed E-state index contributed by atoms with van der Waals surface area (Å²) in [6.07, 6.45) is 3.44. The van der Waals surface area contributed by atoms with E-state index in [9.17, 15) is 0 Å². The molecule has 1 atom stereocenters. The lowest BCUT2D eigenvalue weighted by Gasteiger charge is -2.24. The summed E-state index contributed by atoms with van der Waals surface area (Å²) in [5.41, 5.74) is 0.970. The van der Waals surface area contributed by atoms with E-state index >= 15 is 0 Å². The Morgan fingerprint density at radius 3 is 2.62 bits per heavy atom. The number of aryl methyl sites for hydroxylation is 1. The molecule has 0 aliphatic rings. The van der Waals surface area contributed by atoms with E-state index in [1.54, 1.807) is 12.4 Å². The van der Waals surface area contributed by atoms with Crippen molar-refractivity contribution in [2.75, 3.05) is 17.3 Å². The van der Waals surface area contributed by atoms with Crippen molar-refractivity contribution < 1.29 is 0 Å². The fraction of sp³-hybridized carbons (Fsp3) is 0.556. The number of hydrogen-bond donors (Lipinski definition) is 0. The first kappa shape index (κ1) is 10.4. The molecule has 0 radical (unpaired) electrons. The highest BCUT2D eigenvalue weighted by molar-refractivity contribution is 9.09. The van der Waals surface area contributed by atoms with Crippen LogP contribution in [-0.4, -0.2) is 28.4 Å². The van der Waals surface area contributed by atoms with Gasteiger partial charge in [0, 0.05) is 30.8 Å². The Hall–Kier alpha value is -0.640. The number of rotatable bonds is 3. The maximum absolute atomic E-state index is 4.29. The average Bonchev–Trinajstić information content (AvgIpc) is 2.16. The van der Waals surface area contributed by atoms with E-state index in [4.69, 9.17) is 0 Å². The molecule has 0 fully saturated rings. The lowest BCUT2D eigenvalue weighted by molar-refractivity contribution is 0.749. The maximum Gasteiger partial charge on any atom is 0.150 e. The SMILES string of the molecule is Cc1nccnc1N(C)C(C)CBr. The van der Waals surface area contributed by atoms with Crippen LogP contribution in [0.4, 0.5) is 5.82 Å². The van der Waals surface area contributed by atoms with E-state index in [0.717, 1.165) is 16.8 Å². The Morgan fingerprint density at radius 2 is 2.08 bits per heavy atom. The van der Waals surface area contributed by atoms with Crippen LogP contribution >= 0.6 is 15.9 Å². The first-order chi connectivity index (χ1) is 6.16. The normalized spacial score (nSPS) is 12.6. The minimum atomic E-state index is 0.426. The van der Waals surface area contributed by atoms with Crippen molar-refractivity contribution in [1.29, 1.82) is 0 Å². The Labute approximate surface area is 87.3 Å². The van der Waals surface area contributed by atoms with Gasteiger partial charge in [-0.25, -0.2) is 4.98 Å². The zero-order valence-corrected chi connectivity index (χ0v) is 9.74. The second kappa shape index (κ2) is 4.56. The molecule has 1 heterocycles. The molecule has 1 unspecified atom stereocenters.